The van der Waals surface area contributed by atoms with Gasteiger partial charge in [0.1, 0.15) is 5.82 Å². The zero-order valence-electron chi connectivity index (χ0n) is 15.4. The van der Waals surface area contributed by atoms with Crippen molar-refractivity contribution in [3.63, 3.8) is 0 Å². The first-order chi connectivity index (χ1) is 13.4. The van der Waals surface area contributed by atoms with Gasteiger partial charge >= 0.3 is 0 Å². The summed E-state index contributed by atoms with van der Waals surface area (Å²) in [6.07, 6.45) is 1.47. The molecular formula is C20H19N3O4S. The monoisotopic (exact) mass is 397 g/mol. The summed E-state index contributed by atoms with van der Waals surface area (Å²) >= 11 is 0. The number of fused-ring (bicyclic) bond motifs is 1. The van der Waals surface area contributed by atoms with Gasteiger partial charge in [-0.15, -0.1) is 0 Å². The maximum Gasteiger partial charge on any atom is 0.262 e. The standard InChI is InChI=1S/C20H19N3O4S/c1-13-3-4-14(2)19(9-13)28(24,25)23-16-6-8-20(21-11-16)22-15-5-7-17-18(10-15)27-12-26-17/h3-11,23H,12H2,1-2H3,(H,21,22). The number of ether oxygens (including phenoxy) is 2. The normalized spacial score (nSPS) is 12.6. The number of hydrogen-bond acceptors (Lipinski definition) is 6. The van der Waals surface area contributed by atoms with Crippen LogP contribution >= 0.6 is 0 Å². The second kappa shape index (κ2) is 7.05. The minimum Gasteiger partial charge on any atom is -0.454 e. The molecule has 0 saturated heterocycles. The average Bonchev–Trinajstić information content (AvgIpc) is 3.13. The van der Waals surface area contributed by atoms with E-state index in [1.165, 1.54) is 6.20 Å². The van der Waals surface area contributed by atoms with E-state index in [9.17, 15) is 8.42 Å². The summed E-state index contributed by atoms with van der Waals surface area (Å²) in [5, 5.41) is 3.15. The van der Waals surface area contributed by atoms with E-state index in [1.807, 2.05) is 31.2 Å². The first-order valence-corrected chi connectivity index (χ1v) is 10.1. The lowest BCUT2D eigenvalue weighted by atomic mass is 10.2. The number of rotatable bonds is 5. The Hall–Kier alpha value is -3.26. The zero-order chi connectivity index (χ0) is 19.7. The molecule has 28 heavy (non-hydrogen) atoms. The van der Waals surface area contributed by atoms with Crippen molar-refractivity contribution in [3.8, 4) is 11.5 Å². The predicted molar refractivity (Wildman–Crippen MR) is 107 cm³/mol. The molecular weight excluding hydrogens is 378 g/mol. The van der Waals surface area contributed by atoms with Gasteiger partial charge in [0.25, 0.3) is 10.0 Å². The van der Waals surface area contributed by atoms with E-state index in [1.54, 1.807) is 31.2 Å². The molecule has 2 heterocycles. The van der Waals surface area contributed by atoms with Crippen LogP contribution in [-0.2, 0) is 10.0 Å². The van der Waals surface area contributed by atoms with Gasteiger partial charge in [0.15, 0.2) is 11.5 Å². The zero-order valence-corrected chi connectivity index (χ0v) is 16.2. The van der Waals surface area contributed by atoms with Gasteiger partial charge in [-0.1, -0.05) is 12.1 Å². The highest BCUT2D eigenvalue weighted by Gasteiger charge is 2.17. The van der Waals surface area contributed by atoms with Crippen molar-refractivity contribution in [1.29, 1.82) is 0 Å². The van der Waals surface area contributed by atoms with Gasteiger partial charge < -0.3 is 14.8 Å². The molecule has 2 aromatic carbocycles. The number of pyridine rings is 1. The van der Waals surface area contributed by atoms with Gasteiger partial charge in [-0.2, -0.15) is 0 Å². The van der Waals surface area contributed by atoms with Crippen molar-refractivity contribution in [1.82, 2.24) is 4.98 Å². The Balaban J connectivity index is 1.49. The molecule has 1 aliphatic rings. The lowest BCUT2D eigenvalue weighted by Gasteiger charge is -2.12. The van der Waals surface area contributed by atoms with Crippen molar-refractivity contribution in [2.24, 2.45) is 0 Å². The lowest BCUT2D eigenvalue weighted by Crippen LogP contribution is -2.14. The third-order valence-corrected chi connectivity index (χ3v) is 5.82. The number of hydrogen-bond donors (Lipinski definition) is 2. The minimum atomic E-state index is -3.69. The smallest absolute Gasteiger partial charge is 0.262 e. The lowest BCUT2D eigenvalue weighted by molar-refractivity contribution is 0.174. The van der Waals surface area contributed by atoms with Crippen LogP contribution in [0.4, 0.5) is 17.2 Å². The van der Waals surface area contributed by atoms with E-state index in [2.05, 4.69) is 15.0 Å². The molecule has 2 N–H and O–H groups in total. The van der Waals surface area contributed by atoms with Gasteiger partial charge in [-0.3, -0.25) is 4.72 Å². The molecule has 0 atom stereocenters. The van der Waals surface area contributed by atoms with Gasteiger partial charge in [0, 0.05) is 11.8 Å². The van der Waals surface area contributed by atoms with Crippen molar-refractivity contribution >= 4 is 27.2 Å². The van der Waals surface area contributed by atoms with Crippen LogP contribution < -0.4 is 19.5 Å². The van der Waals surface area contributed by atoms with Crippen molar-refractivity contribution in [2.45, 2.75) is 18.7 Å². The number of sulfonamides is 1. The average molecular weight is 397 g/mol. The summed E-state index contributed by atoms with van der Waals surface area (Å²) < 4.78 is 38.6. The fourth-order valence-corrected chi connectivity index (χ4v) is 4.23. The third-order valence-electron chi connectivity index (χ3n) is 4.29. The molecule has 0 aliphatic carbocycles. The van der Waals surface area contributed by atoms with Gasteiger partial charge in [-0.05, 0) is 55.3 Å². The molecule has 144 valence electrons. The third kappa shape index (κ3) is 3.72. The molecule has 0 amide bonds. The van der Waals surface area contributed by atoms with E-state index < -0.39 is 10.0 Å². The second-order valence-corrected chi connectivity index (χ2v) is 8.15. The van der Waals surface area contributed by atoms with Crippen molar-refractivity contribution in [3.05, 3.63) is 65.9 Å². The molecule has 0 radical (unpaired) electrons. The molecule has 0 fully saturated rings. The molecule has 0 unspecified atom stereocenters. The number of nitrogens with one attached hydrogen (secondary N) is 2. The Labute approximate surface area is 163 Å². The van der Waals surface area contributed by atoms with Crippen LogP contribution in [0.2, 0.25) is 0 Å². The van der Waals surface area contributed by atoms with Crippen molar-refractivity contribution in [2.75, 3.05) is 16.8 Å². The number of nitrogens with zero attached hydrogens (tertiary/aromatic N) is 1. The number of aromatic nitrogens is 1. The summed E-state index contributed by atoms with van der Waals surface area (Å²) in [5.41, 5.74) is 2.75. The Morgan fingerprint density at radius 3 is 2.50 bits per heavy atom. The minimum absolute atomic E-state index is 0.215. The van der Waals surface area contributed by atoms with Crippen LogP contribution in [-0.4, -0.2) is 20.2 Å². The van der Waals surface area contributed by atoms with Crippen LogP contribution in [0.5, 0.6) is 11.5 Å². The molecule has 8 heteroatoms. The largest absolute Gasteiger partial charge is 0.454 e. The summed E-state index contributed by atoms with van der Waals surface area (Å²) in [4.78, 5) is 4.53. The molecule has 7 nitrogen and oxygen atoms in total. The summed E-state index contributed by atoms with van der Waals surface area (Å²) in [5.74, 6) is 1.95. The molecule has 4 rings (SSSR count). The van der Waals surface area contributed by atoms with Crippen LogP contribution in [0.25, 0.3) is 0 Å². The van der Waals surface area contributed by atoms with E-state index in [0.29, 0.717) is 28.6 Å². The maximum absolute atomic E-state index is 12.7. The Bertz CT molecular complexity index is 1130. The van der Waals surface area contributed by atoms with E-state index in [0.717, 1.165) is 11.3 Å². The van der Waals surface area contributed by atoms with Crippen LogP contribution in [0.3, 0.4) is 0 Å². The van der Waals surface area contributed by atoms with Crippen LogP contribution in [0.15, 0.2) is 59.6 Å². The van der Waals surface area contributed by atoms with E-state index in [-0.39, 0.29) is 11.7 Å². The highest BCUT2D eigenvalue weighted by atomic mass is 32.2. The summed E-state index contributed by atoms with van der Waals surface area (Å²) in [7, 11) is -3.69. The number of benzene rings is 2. The molecule has 3 aromatic rings. The number of anilines is 3. The van der Waals surface area contributed by atoms with Gasteiger partial charge in [0.05, 0.1) is 16.8 Å². The fourth-order valence-electron chi connectivity index (χ4n) is 2.86. The molecule has 1 aromatic heterocycles. The Morgan fingerprint density at radius 2 is 1.71 bits per heavy atom. The topological polar surface area (TPSA) is 89.6 Å². The van der Waals surface area contributed by atoms with Crippen LogP contribution in [0.1, 0.15) is 11.1 Å². The SMILES string of the molecule is Cc1ccc(C)c(S(=O)(=O)Nc2ccc(Nc3ccc4c(c3)OCO4)nc2)c1. The Morgan fingerprint density at radius 1 is 0.929 bits per heavy atom. The quantitative estimate of drug-likeness (QED) is 0.677. The molecule has 1 aliphatic heterocycles. The maximum atomic E-state index is 12.7. The van der Waals surface area contributed by atoms with E-state index in [4.69, 9.17) is 9.47 Å². The predicted octanol–water partition coefficient (Wildman–Crippen LogP) is 3.97. The molecule has 0 saturated carbocycles. The van der Waals surface area contributed by atoms with E-state index >= 15 is 0 Å². The highest BCUT2D eigenvalue weighted by Crippen LogP contribution is 2.35. The van der Waals surface area contributed by atoms with Crippen LogP contribution in [0, 0.1) is 13.8 Å². The fraction of sp³-hybridized carbons (Fsp3) is 0.150. The molecule has 0 bridgehead atoms. The van der Waals surface area contributed by atoms with Gasteiger partial charge in [-0.25, -0.2) is 13.4 Å². The van der Waals surface area contributed by atoms with Gasteiger partial charge in [0.2, 0.25) is 6.79 Å². The second-order valence-electron chi connectivity index (χ2n) is 6.50. The van der Waals surface area contributed by atoms with Crippen molar-refractivity contribution < 1.29 is 17.9 Å². The molecule has 0 spiro atoms. The highest BCUT2D eigenvalue weighted by molar-refractivity contribution is 7.92. The summed E-state index contributed by atoms with van der Waals surface area (Å²) in [6.45, 7) is 3.84. The summed E-state index contributed by atoms with van der Waals surface area (Å²) in [6, 6.07) is 14.2. The first kappa shape index (κ1) is 18.1. The number of aryl methyl sites for hydroxylation is 2. The Kier molecular flexibility index (Phi) is 4.56. The first-order valence-electron chi connectivity index (χ1n) is 8.63.